The maximum atomic E-state index is 13.9. The van der Waals surface area contributed by atoms with E-state index in [4.69, 9.17) is 14.3 Å². The first kappa shape index (κ1) is 33.4. The molecule has 0 spiro atoms. The van der Waals surface area contributed by atoms with Gasteiger partial charge in [0.15, 0.2) is 6.10 Å². The molecule has 2 saturated heterocycles. The van der Waals surface area contributed by atoms with Crippen molar-refractivity contribution in [3.63, 3.8) is 0 Å². The van der Waals surface area contributed by atoms with Crippen molar-refractivity contribution in [3.8, 4) is 0 Å². The molecule has 0 bridgehead atoms. The Hall–Kier alpha value is -3.95. The fourth-order valence-electron chi connectivity index (χ4n) is 4.87. The number of amides is 2. The summed E-state index contributed by atoms with van der Waals surface area (Å²) >= 11 is 3.73. The summed E-state index contributed by atoms with van der Waals surface area (Å²) in [7, 11) is 0. The van der Waals surface area contributed by atoms with E-state index in [1.165, 1.54) is 29.0 Å². The highest BCUT2D eigenvalue weighted by molar-refractivity contribution is 8.04. The van der Waals surface area contributed by atoms with E-state index in [0.29, 0.717) is 5.75 Å². The fraction of sp³-hybridized carbons (Fsp3) is 0.387. The third-order valence-electron chi connectivity index (χ3n) is 7.08. The Bertz CT molecular complexity index is 1550. The second kappa shape index (κ2) is 14.2. The number of hydrogen-bond donors (Lipinski definition) is 1. The Morgan fingerprint density at radius 3 is 2.33 bits per heavy atom. The van der Waals surface area contributed by atoms with Crippen molar-refractivity contribution in [2.24, 2.45) is 5.16 Å². The van der Waals surface area contributed by atoms with Crippen LogP contribution < -0.4 is 5.32 Å². The van der Waals surface area contributed by atoms with Crippen LogP contribution in [0.5, 0.6) is 0 Å². The molecule has 1 aromatic heterocycles. The summed E-state index contributed by atoms with van der Waals surface area (Å²) in [6, 6.07) is 18.2. The van der Waals surface area contributed by atoms with Gasteiger partial charge < -0.3 is 24.5 Å². The number of benzene rings is 2. The van der Waals surface area contributed by atoms with Gasteiger partial charge in [-0.1, -0.05) is 65.8 Å². The van der Waals surface area contributed by atoms with Crippen LogP contribution in [0.15, 0.2) is 71.3 Å². The van der Waals surface area contributed by atoms with E-state index >= 15 is 0 Å². The normalized spacial score (nSPS) is 21.2. The number of nitrogens with one attached hydrogen (secondary N) is 1. The van der Waals surface area contributed by atoms with E-state index in [2.05, 4.69) is 19.8 Å². The highest BCUT2D eigenvalue weighted by Crippen LogP contribution is 2.44. The van der Waals surface area contributed by atoms with E-state index in [0.717, 1.165) is 22.7 Å². The minimum Gasteiger partial charge on any atom is -0.457 e. The number of hydrogen-bond acceptors (Lipinski definition) is 13. The molecule has 2 aliphatic heterocycles. The van der Waals surface area contributed by atoms with Crippen molar-refractivity contribution >= 4 is 64.5 Å². The number of aromatic nitrogens is 2. The second-order valence-corrected chi connectivity index (χ2v) is 14.4. The topological polar surface area (TPSA) is 149 Å². The Kier molecular flexibility index (Phi) is 10.3. The van der Waals surface area contributed by atoms with Crippen LogP contribution in [-0.2, 0) is 33.5 Å². The lowest BCUT2D eigenvalue weighted by Gasteiger charge is -2.53. The standard InChI is InChI=1S/C31H33N5O7S3/c1-30(2,3)43-21(37)15-41-34-22(25-32-18-46-35-25)26(38)33-23-27(39)36-16-31(44-4,17-45-28(23)36)29(40)42-24(19-11-7-5-8-12-19)20-13-9-6-10-14-20/h5-14,18,23-24,28H,15-17H2,1-4H3,(H,33,38)/t23?,28-,31?/m1/s1. The molecule has 2 fully saturated rings. The zero-order chi connectivity index (χ0) is 32.9. The van der Waals surface area contributed by atoms with Crippen molar-refractivity contribution in [2.75, 3.05) is 25.2 Å². The van der Waals surface area contributed by atoms with E-state index in [1.54, 1.807) is 25.7 Å². The first-order chi connectivity index (χ1) is 22.0. The summed E-state index contributed by atoms with van der Waals surface area (Å²) in [5.41, 5.74) is 2.09. The van der Waals surface area contributed by atoms with Gasteiger partial charge >= 0.3 is 11.9 Å². The number of ether oxygens (including phenoxy) is 2. The number of esters is 2. The molecular weight excluding hydrogens is 651 g/mol. The third-order valence-corrected chi connectivity index (χ3v) is 10.5. The summed E-state index contributed by atoms with van der Waals surface area (Å²) in [6.07, 6.45) is 1.21. The molecule has 0 aliphatic carbocycles. The van der Waals surface area contributed by atoms with Crippen LogP contribution >= 0.6 is 35.1 Å². The number of oxime groups is 1. The number of thioether (sulfide) groups is 2. The largest absolute Gasteiger partial charge is 0.457 e. The van der Waals surface area contributed by atoms with Crippen molar-refractivity contribution < 1.29 is 33.5 Å². The fourth-order valence-corrected chi connectivity index (χ4v) is 7.84. The van der Waals surface area contributed by atoms with Gasteiger partial charge in [0.05, 0.1) is 0 Å². The number of fused-ring (bicyclic) bond motifs is 1. The minimum atomic E-state index is -1.01. The van der Waals surface area contributed by atoms with Crippen LogP contribution in [-0.4, -0.2) is 90.6 Å². The van der Waals surface area contributed by atoms with Crippen LogP contribution in [0.4, 0.5) is 0 Å². The van der Waals surface area contributed by atoms with Crippen LogP contribution in [0.3, 0.4) is 0 Å². The second-order valence-electron chi connectivity index (χ2n) is 11.5. The summed E-state index contributed by atoms with van der Waals surface area (Å²) in [6.45, 7) is 4.74. The number of rotatable bonds is 11. The highest BCUT2D eigenvalue weighted by Gasteiger charge is 2.58. The Morgan fingerprint density at radius 1 is 1.11 bits per heavy atom. The van der Waals surface area contributed by atoms with E-state index < -0.39 is 52.3 Å². The van der Waals surface area contributed by atoms with Crippen molar-refractivity contribution in [2.45, 2.75) is 48.6 Å². The molecular formula is C31H33N5O7S3. The lowest BCUT2D eigenvalue weighted by atomic mass is 10.00. The molecule has 2 amide bonds. The van der Waals surface area contributed by atoms with Gasteiger partial charge in [-0.3, -0.25) is 14.4 Å². The molecule has 3 heterocycles. The van der Waals surface area contributed by atoms with Gasteiger partial charge in [0.1, 0.15) is 27.3 Å². The van der Waals surface area contributed by atoms with Crippen molar-refractivity contribution in [1.29, 1.82) is 0 Å². The van der Waals surface area contributed by atoms with Gasteiger partial charge in [0, 0.05) is 12.3 Å². The first-order valence-electron chi connectivity index (χ1n) is 14.3. The molecule has 0 radical (unpaired) electrons. The average molecular weight is 684 g/mol. The van der Waals surface area contributed by atoms with Gasteiger partial charge in [-0.2, -0.15) is 4.37 Å². The third kappa shape index (κ3) is 7.53. The predicted octanol–water partition coefficient (Wildman–Crippen LogP) is 3.44. The van der Waals surface area contributed by atoms with Crippen molar-refractivity contribution in [3.05, 3.63) is 83.1 Å². The van der Waals surface area contributed by atoms with Gasteiger partial charge in [-0.25, -0.2) is 9.78 Å². The number of nitrogens with zero attached hydrogens (tertiary/aromatic N) is 4. The first-order valence-corrected chi connectivity index (χ1v) is 17.4. The molecule has 2 aliphatic rings. The summed E-state index contributed by atoms with van der Waals surface area (Å²) in [5.74, 6) is -1.83. The number of carbonyl (C=O) groups is 4. The summed E-state index contributed by atoms with van der Waals surface area (Å²) in [4.78, 5) is 63.2. The molecule has 12 nitrogen and oxygen atoms in total. The van der Waals surface area contributed by atoms with E-state index in [1.807, 2.05) is 66.9 Å². The summed E-state index contributed by atoms with van der Waals surface area (Å²) in [5, 5.41) is 6.10. The van der Waals surface area contributed by atoms with Crippen LogP contribution in [0, 0.1) is 0 Å². The SMILES string of the molecule is CSC1(C(=O)OC(c2ccccc2)c2ccccc2)CS[C@@H]2C(NC(=O)C(=NOCC(=O)OC(C)(C)C)c3ncsn3)C(=O)N2C1. The predicted molar refractivity (Wildman–Crippen MR) is 175 cm³/mol. The monoisotopic (exact) mass is 683 g/mol. The van der Waals surface area contributed by atoms with Crippen LogP contribution in [0.2, 0.25) is 0 Å². The molecule has 3 aromatic rings. The quantitative estimate of drug-likeness (QED) is 0.137. The van der Waals surface area contributed by atoms with Crippen LogP contribution in [0.1, 0.15) is 43.8 Å². The van der Waals surface area contributed by atoms with Crippen molar-refractivity contribution in [1.82, 2.24) is 19.6 Å². The maximum Gasteiger partial charge on any atom is 0.347 e. The molecule has 2 unspecified atom stereocenters. The molecule has 46 heavy (non-hydrogen) atoms. The lowest BCUT2D eigenvalue weighted by molar-refractivity contribution is -0.160. The molecule has 15 heteroatoms. The number of carbonyl (C=O) groups excluding carboxylic acids is 4. The molecule has 0 saturated carbocycles. The zero-order valence-corrected chi connectivity index (χ0v) is 28.0. The highest BCUT2D eigenvalue weighted by atomic mass is 32.2. The van der Waals surface area contributed by atoms with Gasteiger partial charge in [0.2, 0.25) is 24.1 Å². The van der Waals surface area contributed by atoms with Gasteiger partial charge in [-0.05, 0) is 49.7 Å². The van der Waals surface area contributed by atoms with E-state index in [9.17, 15) is 19.2 Å². The smallest absolute Gasteiger partial charge is 0.347 e. The Balaban J connectivity index is 1.25. The Labute approximate surface area is 278 Å². The maximum absolute atomic E-state index is 13.9. The lowest BCUT2D eigenvalue weighted by Crippen LogP contribution is -2.75. The summed E-state index contributed by atoms with van der Waals surface area (Å²) < 4.78 is 14.4. The minimum absolute atomic E-state index is 0.0119. The van der Waals surface area contributed by atoms with Gasteiger partial charge in [0.25, 0.3) is 5.91 Å². The van der Waals surface area contributed by atoms with Crippen LogP contribution in [0.25, 0.3) is 0 Å². The molecule has 242 valence electrons. The molecule has 5 rings (SSSR count). The zero-order valence-electron chi connectivity index (χ0n) is 25.6. The molecule has 2 aromatic carbocycles. The van der Waals surface area contributed by atoms with E-state index in [-0.39, 0.29) is 24.0 Å². The molecule has 3 atom stereocenters. The average Bonchev–Trinajstić information content (AvgIpc) is 3.58. The Morgan fingerprint density at radius 2 is 1.76 bits per heavy atom. The molecule has 1 N–H and O–H groups in total. The number of β-lactam (4-membered cyclic amide) rings is 1. The van der Waals surface area contributed by atoms with Gasteiger partial charge in [-0.15, -0.1) is 23.5 Å².